The van der Waals surface area contributed by atoms with Crippen LogP contribution in [0.5, 0.6) is 11.5 Å². The van der Waals surface area contributed by atoms with E-state index in [9.17, 15) is 5.11 Å². The Morgan fingerprint density at radius 2 is 1.76 bits per heavy atom. The van der Waals surface area contributed by atoms with Gasteiger partial charge in [0.1, 0.15) is 18.3 Å². The molecular weight excluding hydrogens is 422 g/mol. The van der Waals surface area contributed by atoms with Crippen LogP contribution in [0.1, 0.15) is 60.2 Å². The first-order valence-electron chi connectivity index (χ1n) is 11.1. The summed E-state index contributed by atoms with van der Waals surface area (Å²) in [4.78, 5) is 18.9. The summed E-state index contributed by atoms with van der Waals surface area (Å²) in [7, 11) is 1.75. The SMILES string of the molecule is C=O.CC.CCO.COc1cc2c(cc1C)[C@@H]1Cc3ccc(O)c(C)c3CN1CC2.O=CO. The molecule has 0 spiro atoms. The summed E-state index contributed by atoms with van der Waals surface area (Å²) >= 11 is 0. The fraction of sp³-hybridized carbons (Fsp3) is 0.462. The number of methoxy groups -OCH3 is 1. The molecule has 7 nitrogen and oxygen atoms in total. The van der Waals surface area contributed by atoms with Gasteiger partial charge in [0.05, 0.1) is 7.11 Å². The van der Waals surface area contributed by atoms with Gasteiger partial charge in [-0.15, -0.1) is 0 Å². The van der Waals surface area contributed by atoms with Crippen LogP contribution < -0.4 is 4.74 Å². The molecule has 0 amide bonds. The van der Waals surface area contributed by atoms with E-state index in [2.05, 4.69) is 30.0 Å². The van der Waals surface area contributed by atoms with Crippen molar-refractivity contribution >= 4 is 13.3 Å². The van der Waals surface area contributed by atoms with Gasteiger partial charge in [0, 0.05) is 25.7 Å². The molecule has 2 aromatic rings. The largest absolute Gasteiger partial charge is 0.508 e. The maximum atomic E-state index is 9.99. The zero-order valence-electron chi connectivity index (χ0n) is 20.7. The van der Waals surface area contributed by atoms with E-state index in [-0.39, 0.29) is 13.1 Å². The molecule has 2 aliphatic rings. The van der Waals surface area contributed by atoms with E-state index in [1.807, 2.05) is 33.6 Å². The predicted molar refractivity (Wildman–Crippen MR) is 131 cm³/mol. The summed E-state index contributed by atoms with van der Waals surface area (Å²) in [5.41, 5.74) is 7.81. The third kappa shape index (κ3) is 7.58. The fourth-order valence-corrected chi connectivity index (χ4v) is 4.17. The second-order valence-corrected chi connectivity index (χ2v) is 7.23. The van der Waals surface area contributed by atoms with Gasteiger partial charge in [-0.25, -0.2) is 0 Å². The number of fused-ring (bicyclic) bond motifs is 4. The van der Waals surface area contributed by atoms with Gasteiger partial charge < -0.3 is 24.9 Å². The first-order valence-corrected chi connectivity index (χ1v) is 11.1. The zero-order valence-corrected chi connectivity index (χ0v) is 20.7. The predicted octanol–water partition coefficient (Wildman–Crippen LogP) is 4.21. The van der Waals surface area contributed by atoms with Gasteiger partial charge in [-0.2, -0.15) is 0 Å². The zero-order chi connectivity index (χ0) is 25.6. The monoisotopic (exact) mass is 461 g/mol. The van der Waals surface area contributed by atoms with E-state index in [0.717, 1.165) is 37.2 Å². The van der Waals surface area contributed by atoms with Gasteiger partial charge in [0.15, 0.2) is 0 Å². The van der Waals surface area contributed by atoms with E-state index in [1.54, 1.807) is 14.0 Å². The van der Waals surface area contributed by atoms with Gasteiger partial charge in [-0.05, 0) is 79.1 Å². The Hall–Kier alpha value is -2.90. The number of aliphatic hydroxyl groups is 1. The van der Waals surface area contributed by atoms with E-state index in [4.69, 9.17) is 24.5 Å². The first-order chi connectivity index (χ1) is 15.9. The number of rotatable bonds is 1. The molecule has 0 unspecified atom stereocenters. The molecule has 0 radical (unpaired) electrons. The van der Waals surface area contributed by atoms with Gasteiger partial charge in [-0.1, -0.05) is 26.0 Å². The third-order valence-electron chi connectivity index (χ3n) is 5.57. The molecule has 33 heavy (non-hydrogen) atoms. The number of hydrogen-bond acceptors (Lipinski definition) is 6. The Bertz CT molecular complexity index is 868. The number of carbonyl (C=O) groups excluding carboxylic acids is 1. The molecule has 0 aromatic heterocycles. The van der Waals surface area contributed by atoms with Crippen molar-refractivity contribution in [2.24, 2.45) is 0 Å². The second kappa shape index (κ2) is 15.8. The van der Waals surface area contributed by atoms with Crippen LogP contribution in [0.25, 0.3) is 0 Å². The molecule has 4 rings (SSSR count). The quantitative estimate of drug-likeness (QED) is 0.546. The van der Waals surface area contributed by atoms with Crippen LogP contribution in [-0.4, -0.2) is 53.7 Å². The van der Waals surface area contributed by atoms with E-state index in [1.165, 1.54) is 27.8 Å². The first kappa shape index (κ1) is 30.1. The summed E-state index contributed by atoms with van der Waals surface area (Å²) < 4.78 is 5.49. The minimum Gasteiger partial charge on any atom is -0.508 e. The fourth-order valence-electron chi connectivity index (χ4n) is 4.17. The molecule has 0 aliphatic carbocycles. The molecule has 2 aliphatic heterocycles. The maximum Gasteiger partial charge on any atom is 0.290 e. The molecule has 7 heteroatoms. The molecule has 0 saturated carbocycles. The number of aryl methyl sites for hydroxylation is 1. The molecule has 2 aromatic carbocycles. The maximum absolute atomic E-state index is 9.99. The molecule has 0 fully saturated rings. The lowest BCUT2D eigenvalue weighted by Crippen LogP contribution is -2.39. The van der Waals surface area contributed by atoms with Crippen LogP contribution in [0.2, 0.25) is 0 Å². The van der Waals surface area contributed by atoms with E-state index < -0.39 is 0 Å². The minimum atomic E-state index is -0.250. The van der Waals surface area contributed by atoms with E-state index >= 15 is 0 Å². The van der Waals surface area contributed by atoms with Crippen molar-refractivity contribution in [3.05, 3.63) is 57.6 Å². The number of aliphatic hydroxyl groups excluding tert-OH is 1. The van der Waals surface area contributed by atoms with Crippen molar-refractivity contribution in [3.63, 3.8) is 0 Å². The topological polar surface area (TPSA) is 107 Å². The number of phenols is 1. The Morgan fingerprint density at radius 1 is 1.18 bits per heavy atom. The van der Waals surface area contributed by atoms with Crippen molar-refractivity contribution < 1.29 is 29.6 Å². The number of carbonyl (C=O) groups is 2. The van der Waals surface area contributed by atoms with Crippen LogP contribution in [0.4, 0.5) is 0 Å². The highest BCUT2D eigenvalue weighted by Crippen LogP contribution is 2.41. The standard InChI is InChI=1S/C20H23NO2.C2H6O.C2H6.CH2O2.CH2O/c1-12-8-16-15(10-20(12)23-3)6-7-21-11-17-13(2)19(22)5-4-14(17)9-18(16)21;1-2-3;1-2;2-1-3;1-2/h4-5,8,10,18,22H,6-7,9,11H2,1-3H3;3H,2H2,1H3;1-2H3;1H,(H,2,3);1H2/t18-;;;;/m0..../s1. The van der Waals surface area contributed by atoms with Crippen LogP contribution >= 0.6 is 0 Å². The van der Waals surface area contributed by atoms with E-state index in [0.29, 0.717) is 11.8 Å². The number of hydrogen-bond donors (Lipinski definition) is 3. The molecule has 0 saturated heterocycles. The van der Waals surface area contributed by atoms with Crippen molar-refractivity contribution in [3.8, 4) is 11.5 Å². The lowest BCUT2D eigenvalue weighted by atomic mass is 9.82. The van der Waals surface area contributed by atoms with Gasteiger partial charge >= 0.3 is 0 Å². The number of aromatic hydroxyl groups is 1. The highest BCUT2D eigenvalue weighted by molar-refractivity contribution is 5.49. The van der Waals surface area contributed by atoms with Crippen LogP contribution in [0.15, 0.2) is 24.3 Å². The summed E-state index contributed by atoms with van der Waals surface area (Å²) in [5, 5.41) is 24.4. The number of benzene rings is 2. The third-order valence-corrected chi connectivity index (χ3v) is 5.57. The van der Waals surface area contributed by atoms with Crippen LogP contribution in [-0.2, 0) is 29.0 Å². The lowest BCUT2D eigenvalue weighted by Gasteiger charge is -2.42. The lowest BCUT2D eigenvalue weighted by molar-refractivity contribution is -0.122. The summed E-state index contributed by atoms with van der Waals surface area (Å²) in [5.74, 6) is 1.41. The van der Waals surface area contributed by atoms with Crippen molar-refractivity contribution in [1.82, 2.24) is 4.90 Å². The average molecular weight is 462 g/mol. The number of ether oxygens (including phenoxy) is 1. The summed E-state index contributed by atoms with van der Waals surface area (Å²) in [6.07, 6.45) is 2.09. The van der Waals surface area contributed by atoms with Gasteiger partial charge in [-0.3, -0.25) is 9.69 Å². The molecule has 0 bridgehead atoms. The number of phenolic OH excluding ortho intramolecular Hbond substituents is 1. The summed E-state index contributed by atoms with van der Waals surface area (Å²) in [6.45, 7) is 13.8. The van der Waals surface area contributed by atoms with Crippen molar-refractivity contribution in [2.75, 3.05) is 20.3 Å². The molecular formula is C26H39NO6. The smallest absolute Gasteiger partial charge is 0.290 e. The highest BCUT2D eigenvalue weighted by Gasteiger charge is 2.33. The Kier molecular flexibility index (Phi) is 14.4. The normalized spacial score (nSPS) is 14.9. The van der Waals surface area contributed by atoms with Crippen LogP contribution in [0, 0.1) is 13.8 Å². The summed E-state index contributed by atoms with van der Waals surface area (Å²) in [6, 6.07) is 8.91. The van der Waals surface area contributed by atoms with Gasteiger partial charge in [0.25, 0.3) is 6.47 Å². The molecule has 184 valence electrons. The van der Waals surface area contributed by atoms with Crippen LogP contribution in [0.3, 0.4) is 0 Å². The Balaban J connectivity index is 0.000000895. The molecule has 1 atom stereocenters. The number of nitrogens with zero attached hydrogens (tertiary/aromatic N) is 1. The van der Waals surface area contributed by atoms with Crippen molar-refractivity contribution in [1.29, 1.82) is 0 Å². The Labute approximate surface area is 197 Å². The highest BCUT2D eigenvalue weighted by atomic mass is 16.5. The number of carboxylic acid groups (broad SMARTS) is 1. The Morgan fingerprint density at radius 3 is 2.30 bits per heavy atom. The van der Waals surface area contributed by atoms with Gasteiger partial charge in [0.2, 0.25) is 0 Å². The molecule has 2 heterocycles. The molecule has 3 N–H and O–H groups in total. The minimum absolute atomic E-state index is 0.250. The second-order valence-electron chi connectivity index (χ2n) is 7.23. The van der Waals surface area contributed by atoms with Crippen molar-refractivity contribution in [2.45, 2.75) is 60.0 Å². The average Bonchev–Trinajstić information content (AvgIpc) is 2.84.